The van der Waals surface area contributed by atoms with E-state index in [2.05, 4.69) is 32.4 Å². The van der Waals surface area contributed by atoms with Crippen LogP contribution in [0.2, 0.25) is 0 Å². The van der Waals surface area contributed by atoms with Crippen LogP contribution in [0.5, 0.6) is 11.5 Å². The Morgan fingerprint density at radius 2 is 1.81 bits per heavy atom. The van der Waals surface area contributed by atoms with Gasteiger partial charge in [0, 0.05) is 22.4 Å². The van der Waals surface area contributed by atoms with Crippen molar-refractivity contribution in [3.8, 4) is 23.0 Å². The Bertz CT molecular complexity index is 1150. The van der Waals surface area contributed by atoms with E-state index in [1.807, 2.05) is 24.3 Å². The maximum atomic E-state index is 13.2. The molecule has 0 radical (unpaired) electrons. The van der Waals surface area contributed by atoms with E-state index < -0.39 is 6.29 Å². The summed E-state index contributed by atoms with van der Waals surface area (Å²) in [5.41, 5.74) is 2.67. The summed E-state index contributed by atoms with van der Waals surface area (Å²) in [5, 5.41) is 1.05. The third-order valence-corrected chi connectivity index (χ3v) is 5.13. The van der Waals surface area contributed by atoms with E-state index in [9.17, 15) is 8.78 Å². The second kappa shape index (κ2) is 5.82. The first kappa shape index (κ1) is 16.3. The molecule has 136 valence electrons. The van der Waals surface area contributed by atoms with Gasteiger partial charge in [0.1, 0.15) is 5.69 Å². The second-order valence-corrected chi connectivity index (χ2v) is 7.34. The van der Waals surface area contributed by atoms with Crippen LogP contribution in [0.15, 0.2) is 47.4 Å². The Morgan fingerprint density at radius 1 is 1.04 bits per heavy atom. The van der Waals surface area contributed by atoms with Gasteiger partial charge in [-0.15, -0.1) is 20.5 Å². The number of ether oxygens (including phenoxy) is 2. The number of aromatic nitrogens is 3. The fourth-order valence-corrected chi connectivity index (χ4v) is 3.90. The van der Waals surface area contributed by atoms with Crippen molar-refractivity contribution in [2.24, 2.45) is 0 Å². The van der Waals surface area contributed by atoms with Crippen molar-refractivity contribution >= 4 is 33.7 Å². The molecule has 1 aliphatic heterocycles. The summed E-state index contributed by atoms with van der Waals surface area (Å²) in [4.78, 5) is 13.5. The summed E-state index contributed by atoms with van der Waals surface area (Å²) < 4.78 is 35.5. The van der Waals surface area contributed by atoms with Crippen LogP contribution >= 0.6 is 11.8 Å². The summed E-state index contributed by atoms with van der Waals surface area (Å²) in [7, 11) is 0. The number of nitrogens with zero attached hydrogens (tertiary/aromatic N) is 2. The topological polar surface area (TPSA) is 60.0 Å². The summed E-state index contributed by atoms with van der Waals surface area (Å²) in [5.74, 6) is 1.41. The monoisotopic (exact) mass is 385 g/mol. The van der Waals surface area contributed by atoms with Crippen LogP contribution in [0, 0.1) is 0 Å². The Kier molecular flexibility index (Phi) is 3.51. The Morgan fingerprint density at radius 3 is 2.63 bits per heavy atom. The highest BCUT2D eigenvalue weighted by atomic mass is 32.2. The predicted octanol–water partition coefficient (Wildman–Crippen LogP) is 5.21. The highest BCUT2D eigenvalue weighted by Crippen LogP contribution is 2.43. The number of fused-ring (bicyclic) bond motifs is 3. The van der Waals surface area contributed by atoms with E-state index in [1.165, 1.54) is 12.1 Å². The SMILES string of the molecule is CCSc1cc2ccccc2nc1-c1nc2cc3c(cc2[nH]1)OC(F)(F)O3. The molecule has 5 rings (SSSR count). The van der Waals surface area contributed by atoms with Gasteiger partial charge in [0.25, 0.3) is 0 Å². The normalized spacial score (nSPS) is 14.9. The van der Waals surface area contributed by atoms with Crippen LogP contribution < -0.4 is 9.47 Å². The average molecular weight is 385 g/mol. The molecule has 1 N–H and O–H groups in total. The molecular formula is C19H13F2N3O2S. The molecule has 0 bridgehead atoms. The fourth-order valence-electron chi connectivity index (χ4n) is 3.10. The van der Waals surface area contributed by atoms with Crippen LogP contribution in [-0.4, -0.2) is 27.0 Å². The highest BCUT2D eigenvalue weighted by molar-refractivity contribution is 7.99. The number of rotatable bonds is 3. The molecule has 5 nitrogen and oxygen atoms in total. The van der Waals surface area contributed by atoms with Crippen molar-refractivity contribution in [1.82, 2.24) is 15.0 Å². The van der Waals surface area contributed by atoms with Crippen molar-refractivity contribution in [1.29, 1.82) is 0 Å². The molecule has 8 heteroatoms. The summed E-state index contributed by atoms with van der Waals surface area (Å²) >= 11 is 1.67. The number of para-hydroxylation sites is 1. The minimum absolute atomic E-state index is 0.0164. The standard InChI is InChI=1S/C19H13F2N3O2S/c1-2-27-16-7-10-5-3-4-6-11(10)22-17(16)18-23-12-8-14-15(9-13(12)24-18)26-19(20,21)25-14/h3-9H,2H2,1H3,(H,23,24). The lowest BCUT2D eigenvalue weighted by Gasteiger charge is -2.07. The molecule has 0 saturated heterocycles. The molecule has 0 unspecified atom stereocenters. The lowest BCUT2D eigenvalue weighted by molar-refractivity contribution is -0.286. The molecule has 3 heterocycles. The van der Waals surface area contributed by atoms with Gasteiger partial charge in [-0.05, 0) is 17.9 Å². The lowest BCUT2D eigenvalue weighted by Crippen LogP contribution is -2.25. The van der Waals surface area contributed by atoms with Crippen LogP contribution in [0.3, 0.4) is 0 Å². The van der Waals surface area contributed by atoms with E-state index in [1.54, 1.807) is 11.8 Å². The number of imidazole rings is 1. The molecule has 0 saturated carbocycles. The maximum Gasteiger partial charge on any atom is 0.586 e. The number of pyridine rings is 1. The zero-order chi connectivity index (χ0) is 18.6. The molecule has 0 aliphatic carbocycles. The molecule has 2 aromatic carbocycles. The van der Waals surface area contributed by atoms with Gasteiger partial charge in [-0.3, -0.25) is 0 Å². The number of thioether (sulfide) groups is 1. The molecular weight excluding hydrogens is 372 g/mol. The lowest BCUT2D eigenvalue weighted by atomic mass is 10.2. The zero-order valence-electron chi connectivity index (χ0n) is 14.1. The van der Waals surface area contributed by atoms with Crippen LogP contribution in [-0.2, 0) is 0 Å². The average Bonchev–Trinajstić information content (AvgIpc) is 3.16. The molecule has 2 aromatic heterocycles. The first-order valence-electron chi connectivity index (χ1n) is 8.35. The highest BCUT2D eigenvalue weighted by Gasteiger charge is 2.43. The Balaban J connectivity index is 1.66. The Labute approximate surface area is 156 Å². The van der Waals surface area contributed by atoms with Gasteiger partial charge in [0.2, 0.25) is 0 Å². The predicted molar refractivity (Wildman–Crippen MR) is 99.4 cm³/mol. The number of halogens is 2. The molecule has 1 aliphatic rings. The van der Waals surface area contributed by atoms with Crippen LogP contribution in [0.1, 0.15) is 6.92 Å². The first-order valence-corrected chi connectivity index (χ1v) is 9.33. The number of benzene rings is 2. The van der Waals surface area contributed by atoms with Gasteiger partial charge in [0.15, 0.2) is 17.3 Å². The molecule has 0 fully saturated rings. The van der Waals surface area contributed by atoms with Gasteiger partial charge < -0.3 is 14.5 Å². The summed E-state index contributed by atoms with van der Waals surface area (Å²) in [6.45, 7) is 2.07. The van der Waals surface area contributed by atoms with Crippen LogP contribution in [0.4, 0.5) is 8.78 Å². The van der Waals surface area contributed by atoms with Crippen LogP contribution in [0.25, 0.3) is 33.5 Å². The first-order chi connectivity index (χ1) is 13.0. The molecule has 4 aromatic rings. The number of H-pyrrole nitrogens is 1. The number of alkyl halides is 2. The largest absolute Gasteiger partial charge is 0.586 e. The quantitative estimate of drug-likeness (QED) is 0.491. The van der Waals surface area contributed by atoms with E-state index in [4.69, 9.17) is 4.98 Å². The zero-order valence-corrected chi connectivity index (χ0v) is 14.9. The van der Waals surface area contributed by atoms with Gasteiger partial charge in [-0.2, -0.15) is 0 Å². The third kappa shape index (κ3) is 2.76. The third-order valence-electron chi connectivity index (χ3n) is 4.22. The maximum absolute atomic E-state index is 13.2. The van der Waals surface area contributed by atoms with Gasteiger partial charge >= 0.3 is 6.29 Å². The van der Waals surface area contributed by atoms with Gasteiger partial charge in [-0.1, -0.05) is 25.1 Å². The van der Waals surface area contributed by atoms with E-state index in [0.717, 1.165) is 27.2 Å². The fraction of sp³-hybridized carbons (Fsp3) is 0.158. The van der Waals surface area contributed by atoms with Gasteiger partial charge in [0.05, 0.1) is 16.6 Å². The van der Waals surface area contributed by atoms with Crippen molar-refractivity contribution < 1.29 is 18.3 Å². The van der Waals surface area contributed by atoms with Crippen molar-refractivity contribution in [2.45, 2.75) is 18.1 Å². The minimum atomic E-state index is -3.64. The van der Waals surface area contributed by atoms with Crippen molar-refractivity contribution in [3.05, 3.63) is 42.5 Å². The van der Waals surface area contributed by atoms with E-state index in [-0.39, 0.29) is 11.5 Å². The van der Waals surface area contributed by atoms with E-state index >= 15 is 0 Å². The number of aromatic amines is 1. The van der Waals surface area contributed by atoms with Crippen molar-refractivity contribution in [2.75, 3.05) is 5.75 Å². The summed E-state index contributed by atoms with van der Waals surface area (Å²) in [6.07, 6.45) is -3.64. The minimum Gasteiger partial charge on any atom is -0.395 e. The van der Waals surface area contributed by atoms with Gasteiger partial charge in [-0.25, -0.2) is 9.97 Å². The van der Waals surface area contributed by atoms with Crippen molar-refractivity contribution in [3.63, 3.8) is 0 Å². The second-order valence-electron chi connectivity index (χ2n) is 6.03. The van der Waals surface area contributed by atoms with E-state index in [0.29, 0.717) is 16.9 Å². The number of nitrogens with one attached hydrogen (secondary N) is 1. The Hall–Kier alpha value is -2.87. The molecule has 0 amide bonds. The smallest absolute Gasteiger partial charge is 0.395 e. The summed E-state index contributed by atoms with van der Waals surface area (Å²) in [6, 6.07) is 12.9. The molecule has 27 heavy (non-hydrogen) atoms. The number of hydrogen-bond donors (Lipinski definition) is 1. The molecule has 0 atom stereocenters. The molecule has 0 spiro atoms. The number of hydrogen-bond acceptors (Lipinski definition) is 5.